The average molecular weight is 249 g/mol. The summed E-state index contributed by atoms with van der Waals surface area (Å²) in [4.78, 5) is 0. The Bertz CT molecular complexity index is 522. The molecule has 4 heteroatoms. The Labute approximate surface area is 106 Å². The second-order valence-corrected chi connectivity index (χ2v) is 4.10. The average Bonchev–Trinajstić information content (AvgIpc) is 2.79. The van der Waals surface area contributed by atoms with Crippen molar-refractivity contribution in [2.45, 2.75) is 20.1 Å². The number of aryl methyl sites for hydroxylation is 1. The first-order valence-electron chi connectivity index (χ1n) is 5.80. The van der Waals surface area contributed by atoms with Gasteiger partial charge in [0.05, 0.1) is 6.54 Å². The van der Waals surface area contributed by atoms with Crippen LogP contribution in [0.25, 0.3) is 0 Å². The summed E-state index contributed by atoms with van der Waals surface area (Å²) in [5, 5.41) is 3.00. The van der Waals surface area contributed by atoms with Gasteiger partial charge in [-0.15, -0.1) is 0 Å². The van der Waals surface area contributed by atoms with E-state index in [1.807, 2.05) is 26.1 Å². The summed E-state index contributed by atoms with van der Waals surface area (Å²) in [6.45, 7) is 2.86. The molecular weight excluding hydrogens is 233 g/mol. The summed E-state index contributed by atoms with van der Waals surface area (Å²) in [6, 6.07) is 8.25. The van der Waals surface area contributed by atoms with Gasteiger partial charge in [0.1, 0.15) is 29.7 Å². The van der Waals surface area contributed by atoms with Gasteiger partial charge in [-0.3, -0.25) is 0 Å². The number of nitrogens with one attached hydrogen (secondary N) is 1. The van der Waals surface area contributed by atoms with Crippen LogP contribution in [-0.2, 0) is 13.2 Å². The second kappa shape index (κ2) is 5.69. The third-order valence-corrected chi connectivity index (χ3v) is 2.59. The Morgan fingerprint density at radius 2 is 2.00 bits per heavy atom. The normalized spacial score (nSPS) is 10.6. The predicted molar refractivity (Wildman–Crippen MR) is 66.9 cm³/mol. The Morgan fingerprint density at radius 3 is 2.78 bits per heavy atom. The maximum Gasteiger partial charge on any atom is 0.146 e. The number of ether oxygens (including phenoxy) is 1. The van der Waals surface area contributed by atoms with E-state index >= 15 is 0 Å². The smallest absolute Gasteiger partial charge is 0.146 e. The summed E-state index contributed by atoms with van der Waals surface area (Å²) in [5.41, 5.74) is 0.901. The van der Waals surface area contributed by atoms with Gasteiger partial charge < -0.3 is 14.5 Å². The zero-order chi connectivity index (χ0) is 13.0. The topological polar surface area (TPSA) is 34.4 Å². The van der Waals surface area contributed by atoms with Crippen molar-refractivity contribution >= 4 is 0 Å². The fraction of sp³-hybridized carbons (Fsp3) is 0.286. The highest BCUT2D eigenvalue weighted by atomic mass is 19.1. The van der Waals surface area contributed by atoms with Gasteiger partial charge in [0.15, 0.2) is 0 Å². The van der Waals surface area contributed by atoms with Gasteiger partial charge in [0.2, 0.25) is 0 Å². The molecule has 0 aliphatic rings. The van der Waals surface area contributed by atoms with E-state index in [4.69, 9.17) is 9.15 Å². The quantitative estimate of drug-likeness (QED) is 0.884. The highest BCUT2D eigenvalue weighted by Gasteiger charge is 2.05. The SMILES string of the molecule is CNCc1ccc(COc2cc(F)ccc2C)o1. The molecular formula is C14H16FNO2. The Kier molecular flexibility index (Phi) is 3.99. The largest absolute Gasteiger partial charge is 0.485 e. The number of hydrogen-bond acceptors (Lipinski definition) is 3. The Morgan fingerprint density at radius 1 is 1.22 bits per heavy atom. The lowest BCUT2D eigenvalue weighted by Crippen LogP contribution is -2.03. The molecule has 0 saturated heterocycles. The monoisotopic (exact) mass is 249 g/mol. The molecule has 2 aromatic rings. The van der Waals surface area contributed by atoms with E-state index in [0.717, 1.165) is 17.1 Å². The molecule has 0 atom stereocenters. The van der Waals surface area contributed by atoms with Crippen molar-refractivity contribution in [3.05, 3.63) is 53.2 Å². The molecule has 0 unspecified atom stereocenters. The maximum absolute atomic E-state index is 13.1. The molecule has 0 radical (unpaired) electrons. The van der Waals surface area contributed by atoms with Crippen LogP contribution in [0.3, 0.4) is 0 Å². The molecule has 1 aromatic carbocycles. The molecule has 0 amide bonds. The van der Waals surface area contributed by atoms with Crippen molar-refractivity contribution in [1.82, 2.24) is 5.32 Å². The summed E-state index contributed by atoms with van der Waals surface area (Å²) in [5.74, 6) is 1.82. The van der Waals surface area contributed by atoms with Crippen LogP contribution in [0.4, 0.5) is 4.39 Å². The summed E-state index contributed by atoms with van der Waals surface area (Å²) in [7, 11) is 1.86. The fourth-order valence-electron chi connectivity index (χ4n) is 1.65. The van der Waals surface area contributed by atoms with E-state index in [2.05, 4.69) is 5.32 Å². The molecule has 96 valence electrons. The van der Waals surface area contributed by atoms with Gasteiger partial charge in [0.25, 0.3) is 0 Å². The molecule has 0 saturated carbocycles. The zero-order valence-corrected chi connectivity index (χ0v) is 10.5. The van der Waals surface area contributed by atoms with Gasteiger partial charge in [-0.2, -0.15) is 0 Å². The Hall–Kier alpha value is -1.81. The summed E-state index contributed by atoms with van der Waals surface area (Å²) < 4.78 is 24.1. The number of rotatable bonds is 5. The molecule has 0 spiro atoms. The lowest BCUT2D eigenvalue weighted by molar-refractivity contribution is 0.263. The van der Waals surface area contributed by atoms with E-state index in [1.54, 1.807) is 6.07 Å². The van der Waals surface area contributed by atoms with Gasteiger partial charge in [0, 0.05) is 6.07 Å². The minimum absolute atomic E-state index is 0.300. The Balaban J connectivity index is 1.99. The highest BCUT2D eigenvalue weighted by Crippen LogP contribution is 2.20. The molecule has 1 heterocycles. The first kappa shape index (κ1) is 12.6. The number of halogens is 1. The predicted octanol–water partition coefficient (Wildman–Crippen LogP) is 3.03. The van der Waals surface area contributed by atoms with Crippen LogP contribution >= 0.6 is 0 Å². The van der Waals surface area contributed by atoms with E-state index in [9.17, 15) is 4.39 Å². The molecule has 1 aromatic heterocycles. The third-order valence-electron chi connectivity index (χ3n) is 2.59. The van der Waals surface area contributed by atoms with Gasteiger partial charge in [-0.05, 0) is 37.7 Å². The van der Waals surface area contributed by atoms with Crippen LogP contribution in [0.5, 0.6) is 5.75 Å². The van der Waals surface area contributed by atoms with Crippen molar-refractivity contribution in [3.63, 3.8) is 0 Å². The minimum atomic E-state index is -0.300. The molecule has 0 aliphatic heterocycles. The van der Waals surface area contributed by atoms with E-state index < -0.39 is 0 Å². The van der Waals surface area contributed by atoms with Crippen LogP contribution in [0, 0.1) is 12.7 Å². The van der Waals surface area contributed by atoms with Crippen molar-refractivity contribution in [1.29, 1.82) is 0 Å². The van der Waals surface area contributed by atoms with Crippen LogP contribution in [0.1, 0.15) is 17.1 Å². The number of hydrogen-bond donors (Lipinski definition) is 1. The zero-order valence-electron chi connectivity index (χ0n) is 10.5. The third kappa shape index (κ3) is 3.11. The minimum Gasteiger partial charge on any atom is -0.485 e. The molecule has 2 rings (SSSR count). The van der Waals surface area contributed by atoms with Crippen molar-refractivity contribution in [2.75, 3.05) is 7.05 Å². The number of benzene rings is 1. The molecule has 0 fully saturated rings. The van der Waals surface area contributed by atoms with Gasteiger partial charge in [-0.25, -0.2) is 4.39 Å². The van der Waals surface area contributed by atoms with E-state index in [0.29, 0.717) is 18.9 Å². The number of furan rings is 1. The van der Waals surface area contributed by atoms with Gasteiger partial charge in [-0.1, -0.05) is 6.07 Å². The lowest BCUT2D eigenvalue weighted by atomic mass is 10.2. The maximum atomic E-state index is 13.1. The van der Waals surface area contributed by atoms with Gasteiger partial charge >= 0.3 is 0 Å². The molecule has 3 nitrogen and oxygen atoms in total. The summed E-state index contributed by atoms with van der Waals surface area (Å²) in [6.07, 6.45) is 0. The second-order valence-electron chi connectivity index (χ2n) is 4.10. The van der Waals surface area contributed by atoms with E-state index in [1.165, 1.54) is 12.1 Å². The van der Waals surface area contributed by atoms with Crippen molar-refractivity contribution in [3.8, 4) is 5.75 Å². The highest BCUT2D eigenvalue weighted by molar-refractivity contribution is 5.32. The standard InChI is InChI=1S/C14H16FNO2/c1-10-3-4-11(15)7-14(10)17-9-13-6-5-12(18-13)8-16-2/h3-7,16H,8-9H2,1-2H3. The van der Waals surface area contributed by atoms with Crippen molar-refractivity contribution in [2.24, 2.45) is 0 Å². The van der Waals surface area contributed by atoms with Crippen LogP contribution in [0.2, 0.25) is 0 Å². The van der Waals surface area contributed by atoms with Crippen LogP contribution in [0.15, 0.2) is 34.7 Å². The fourth-order valence-corrected chi connectivity index (χ4v) is 1.65. The first-order valence-corrected chi connectivity index (χ1v) is 5.80. The van der Waals surface area contributed by atoms with Crippen LogP contribution in [-0.4, -0.2) is 7.05 Å². The van der Waals surface area contributed by atoms with Crippen LogP contribution < -0.4 is 10.1 Å². The summed E-state index contributed by atoms with van der Waals surface area (Å²) >= 11 is 0. The molecule has 1 N–H and O–H groups in total. The van der Waals surface area contributed by atoms with E-state index in [-0.39, 0.29) is 5.82 Å². The molecule has 0 aliphatic carbocycles. The molecule has 0 bridgehead atoms. The van der Waals surface area contributed by atoms with Crippen molar-refractivity contribution < 1.29 is 13.5 Å². The first-order chi connectivity index (χ1) is 8.69. The molecule has 18 heavy (non-hydrogen) atoms. The lowest BCUT2D eigenvalue weighted by Gasteiger charge is -2.07.